The standard InChI is InChI=1S/C23H24F3N3O4/c1-14(27-19(31)10-11-23(24,25)26)21(32)28-20-17-8-3-2-6-15(17)16-7-4-5-9-18(16)29(12-13-30)22(20)33/h2-9,14,20,30H,10-13H2,1H3,(H,27,31)(H,28,32)/t14-,20-/m0/s1. The van der Waals surface area contributed by atoms with E-state index in [1.165, 1.54) is 11.8 Å². The molecule has 7 nitrogen and oxygen atoms in total. The highest BCUT2D eigenvalue weighted by molar-refractivity contribution is 6.06. The number of rotatable bonds is 7. The Morgan fingerprint density at radius 3 is 2.39 bits per heavy atom. The van der Waals surface area contributed by atoms with E-state index >= 15 is 0 Å². The fraction of sp³-hybridized carbons (Fsp3) is 0.348. The first-order valence-corrected chi connectivity index (χ1v) is 10.4. The summed E-state index contributed by atoms with van der Waals surface area (Å²) in [7, 11) is 0. The predicted octanol–water partition coefficient (Wildman–Crippen LogP) is 2.70. The molecule has 0 saturated carbocycles. The number of nitrogens with one attached hydrogen (secondary N) is 2. The van der Waals surface area contributed by atoms with Gasteiger partial charge in [0.25, 0.3) is 5.91 Å². The van der Waals surface area contributed by atoms with E-state index in [-0.39, 0.29) is 13.2 Å². The molecule has 33 heavy (non-hydrogen) atoms. The molecule has 3 N–H and O–H groups in total. The predicted molar refractivity (Wildman–Crippen MR) is 115 cm³/mol. The molecule has 2 aromatic rings. The molecule has 2 atom stereocenters. The molecule has 0 saturated heterocycles. The van der Waals surface area contributed by atoms with Gasteiger partial charge >= 0.3 is 6.18 Å². The summed E-state index contributed by atoms with van der Waals surface area (Å²) < 4.78 is 37.0. The summed E-state index contributed by atoms with van der Waals surface area (Å²) in [5.41, 5.74) is 2.57. The average molecular weight is 463 g/mol. The van der Waals surface area contributed by atoms with Crippen LogP contribution in [0, 0.1) is 0 Å². The second-order valence-corrected chi connectivity index (χ2v) is 7.66. The number of aliphatic hydroxyl groups is 1. The van der Waals surface area contributed by atoms with Crippen LogP contribution < -0.4 is 15.5 Å². The van der Waals surface area contributed by atoms with E-state index in [1.54, 1.807) is 30.3 Å². The fourth-order valence-corrected chi connectivity index (χ4v) is 3.71. The van der Waals surface area contributed by atoms with E-state index in [2.05, 4.69) is 10.6 Å². The quantitative estimate of drug-likeness (QED) is 0.588. The number of β-amino-alcohol motifs (C(OH)–C–C–N with tert-alkyl or cyclic N) is 1. The molecule has 1 aliphatic rings. The summed E-state index contributed by atoms with van der Waals surface area (Å²) in [6.07, 6.45) is -6.58. The lowest BCUT2D eigenvalue weighted by atomic mass is 9.95. The first kappa shape index (κ1) is 24.2. The Morgan fingerprint density at radius 1 is 1.09 bits per heavy atom. The van der Waals surface area contributed by atoms with Crippen LogP contribution >= 0.6 is 0 Å². The number of halogens is 3. The van der Waals surface area contributed by atoms with Gasteiger partial charge in [0.15, 0.2) is 0 Å². The van der Waals surface area contributed by atoms with Crippen molar-refractivity contribution in [3.05, 3.63) is 54.1 Å². The van der Waals surface area contributed by atoms with Gasteiger partial charge in [0.2, 0.25) is 11.8 Å². The molecule has 0 radical (unpaired) electrons. The van der Waals surface area contributed by atoms with Crippen molar-refractivity contribution in [1.82, 2.24) is 10.6 Å². The van der Waals surface area contributed by atoms with Crippen LogP contribution in [0.2, 0.25) is 0 Å². The van der Waals surface area contributed by atoms with Crippen LogP contribution in [0.3, 0.4) is 0 Å². The normalized spacial score (nSPS) is 16.3. The monoisotopic (exact) mass is 463 g/mol. The molecule has 1 aliphatic heterocycles. The third-order valence-corrected chi connectivity index (χ3v) is 5.29. The number of anilines is 1. The van der Waals surface area contributed by atoms with Gasteiger partial charge in [0, 0.05) is 18.5 Å². The van der Waals surface area contributed by atoms with E-state index in [9.17, 15) is 32.7 Å². The molecule has 0 unspecified atom stereocenters. The van der Waals surface area contributed by atoms with Gasteiger partial charge in [-0.2, -0.15) is 13.2 Å². The van der Waals surface area contributed by atoms with Crippen LogP contribution in [-0.4, -0.2) is 48.2 Å². The van der Waals surface area contributed by atoms with Crippen LogP contribution in [0.1, 0.15) is 31.4 Å². The molecular formula is C23H24F3N3O4. The summed E-state index contributed by atoms with van der Waals surface area (Å²) in [5, 5.41) is 14.4. The van der Waals surface area contributed by atoms with Crippen LogP contribution in [0.4, 0.5) is 18.9 Å². The number of alkyl halides is 3. The first-order chi connectivity index (χ1) is 15.6. The summed E-state index contributed by atoms with van der Waals surface area (Å²) in [5.74, 6) is -2.12. The minimum Gasteiger partial charge on any atom is -0.395 e. The molecule has 176 valence electrons. The van der Waals surface area contributed by atoms with Gasteiger partial charge in [-0.05, 0) is 24.1 Å². The number of amides is 3. The smallest absolute Gasteiger partial charge is 0.389 e. The number of aliphatic hydroxyl groups excluding tert-OH is 1. The molecule has 10 heteroatoms. The maximum Gasteiger partial charge on any atom is 0.389 e. The van der Waals surface area contributed by atoms with Gasteiger partial charge in [0.05, 0.1) is 18.7 Å². The topological polar surface area (TPSA) is 98.7 Å². The largest absolute Gasteiger partial charge is 0.395 e. The zero-order valence-electron chi connectivity index (χ0n) is 17.9. The molecule has 3 rings (SSSR count). The Kier molecular flexibility index (Phi) is 7.37. The summed E-state index contributed by atoms with van der Waals surface area (Å²) in [6.45, 7) is 1.02. The minimum atomic E-state index is -4.48. The van der Waals surface area contributed by atoms with Crippen LogP contribution in [-0.2, 0) is 14.4 Å². The molecule has 0 spiro atoms. The van der Waals surface area contributed by atoms with Crippen molar-refractivity contribution in [1.29, 1.82) is 0 Å². The van der Waals surface area contributed by atoms with Crippen LogP contribution in [0.25, 0.3) is 11.1 Å². The van der Waals surface area contributed by atoms with Gasteiger partial charge in [-0.3, -0.25) is 14.4 Å². The summed E-state index contributed by atoms with van der Waals surface area (Å²) >= 11 is 0. The Labute approximate surface area is 188 Å². The van der Waals surface area contributed by atoms with Crippen molar-refractivity contribution in [2.24, 2.45) is 0 Å². The van der Waals surface area contributed by atoms with Crippen molar-refractivity contribution < 1.29 is 32.7 Å². The van der Waals surface area contributed by atoms with Crippen molar-refractivity contribution in [2.45, 2.75) is 38.0 Å². The van der Waals surface area contributed by atoms with Gasteiger partial charge in [0.1, 0.15) is 12.1 Å². The van der Waals surface area contributed by atoms with E-state index in [0.29, 0.717) is 16.8 Å². The zero-order valence-corrected chi connectivity index (χ0v) is 17.9. The van der Waals surface area contributed by atoms with Crippen molar-refractivity contribution in [3.63, 3.8) is 0 Å². The van der Waals surface area contributed by atoms with Gasteiger partial charge in [-0.25, -0.2) is 0 Å². The molecule has 2 aromatic carbocycles. The fourth-order valence-electron chi connectivity index (χ4n) is 3.71. The van der Waals surface area contributed by atoms with Crippen LogP contribution in [0.15, 0.2) is 48.5 Å². The third-order valence-electron chi connectivity index (χ3n) is 5.29. The second-order valence-electron chi connectivity index (χ2n) is 7.66. The molecular weight excluding hydrogens is 439 g/mol. The number of fused-ring (bicyclic) bond motifs is 3. The number of hydrogen-bond acceptors (Lipinski definition) is 4. The Bertz CT molecular complexity index is 1040. The van der Waals surface area contributed by atoms with E-state index in [0.717, 1.165) is 5.56 Å². The maximum atomic E-state index is 13.4. The maximum absolute atomic E-state index is 13.4. The molecule has 1 heterocycles. The molecule has 3 amide bonds. The lowest BCUT2D eigenvalue weighted by Crippen LogP contribution is -2.50. The van der Waals surface area contributed by atoms with Gasteiger partial charge < -0.3 is 20.6 Å². The lowest BCUT2D eigenvalue weighted by molar-refractivity contribution is -0.144. The molecule has 0 aromatic heterocycles. The highest BCUT2D eigenvalue weighted by Crippen LogP contribution is 2.40. The molecule has 0 bridgehead atoms. The Hall–Kier alpha value is -3.40. The van der Waals surface area contributed by atoms with E-state index in [4.69, 9.17) is 0 Å². The summed E-state index contributed by atoms with van der Waals surface area (Å²) in [6, 6.07) is 11.9. The van der Waals surface area contributed by atoms with Gasteiger partial charge in [-0.1, -0.05) is 42.5 Å². The van der Waals surface area contributed by atoms with Gasteiger partial charge in [-0.15, -0.1) is 0 Å². The first-order valence-electron chi connectivity index (χ1n) is 10.4. The number of nitrogens with zero attached hydrogens (tertiary/aromatic N) is 1. The third kappa shape index (κ3) is 5.70. The average Bonchev–Trinajstić information content (AvgIpc) is 2.87. The Morgan fingerprint density at radius 2 is 1.73 bits per heavy atom. The number of para-hydroxylation sites is 1. The highest BCUT2D eigenvalue weighted by atomic mass is 19.4. The Balaban J connectivity index is 1.85. The highest BCUT2D eigenvalue weighted by Gasteiger charge is 2.35. The number of benzene rings is 2. The lowest BCUT2D eigenvalue weighted by Gasteiger charge is -2.27. The van der Waals surface area contributed by atoms with Crippen molar-refractivity contribution in [3.8, 4) is 11.1 Å². The van der Waals surface area contributed by atoms with Crippen LogP contribution in [0.5, 0.6) is 0 Å². The number of carbonyl (C=O) groups excluding carboxylic acids is 3. The summed E-state index contributed by atoms with van der Waals surface area (Å²) in [4.78, 5) is 39.4. The number of carbonyl (C=O) groups is 3. The SMILES string of the molecule is C[C@H](NC(=O)CCC(F)(F)F)C(=O)N[C@@H]1C(=O)N(CCO)c2ccccc2-c2ccccc21. The second kappa shape index (κ2) is 10.0. The van der Waals surface area contributed by atoms with E-state index in [1.807, 2.05) is 18.2 Å². The zero-order chi connectivity index (χ0) is 24.2. The van der Waals surface area contributed by atoms with E-state index < -0.39 is 48.8 Å². The molecule has 0 aliphatic carbocycles. The number of hydrogen-bond donors (Lipinski definition) is 3. The van der Waals surface area contributed by atoms with Crippen molar-refractivity contribution in [2.75, 3.05) is 18.1 Å². The van der Waals surface area contributed by atoms with Crippen molar-refractivity contribution >= 4 is 23.4 Å². The molecule has 0 fully saturated rings. The minimum absolute atomic E-state index is 0.0000620.